The quantitative estimate of drug-likeness (QED) is 0.567. The lowest BCUT2D eigenvalue weighted by Gasteiger charge is -2.48. The number of benzene rings is 1. The third-order valence-corrected chi connectivity index (χ3v) is 8.71. The third kappa shape index (κ3) is 5.18. The molecular weight excluding hydrogens is 378 g/mol. The minimum atomic E-state index is -0.386. The van der Waals surface area contributed by atoms with Gasteiger partial charge in [-0.25, -0.2) is 0 Å². The summed E-state index contributed by atoms with van der Waals surface area (Å²) in [6, 6.07) is 10.8. The second-order valence-corrected chi connectivity index (χ2v) is 11.0. The second kappa shape index (κ2) is 9.40. The molecule has 0 heterocycles. The number of amides is 1. The molecule has 0 atom stereocenters. The Morgan fingerprint density at radius 2 is 1.79 bits per heavy atom. The van der Waals surface area contributed by atoms with Gasteiger partial charge in [0.25, 0.3) is 0 Å². The molecule has 1 amide bonds. The van der Waals surface area contributed by atoms with Crippen molar-refractivity contribution in [3.8, 4) is 0 Å². The van der Waals surface area contributed by atoms with E-state index in [4.69, 9.17) is 0 Å². The number of carbonyl (C=O) groups excluding carboxylic acids is 1. The van der Waals surface area contributed by atoms with Crippen LogP contribution in [-0.2, 0) is 10.3 Å². The van der Waals surface area contributed by atoms with Crippen LogP contribution in [0.15, 0.2) is 30.3 Å². The van der Waals surface area contributed by atoms with E-state index in [1.54, 1.807) is 11.8 Å². The summed E-state index contributed by atoms with van der Waals surface area (Å²) >= 11 is 1.61. The van der Waals surface area contributed by atoms with E-state index in [1.165, 1.54) is 24.8 Å². The van der Waals surface area contributed by atoms with Gasteiger partial charge in [0.2, 0.25) is 5.91 Å². The van der Waals surface area contributed by atoms with Crippen LogP contribution >= 0.6 is 11.8 Å². The summed E-state index contributed by atoms with van der Waals surface area (Å²) in [5.74, 6) is 0.957. The van der Waals surface area contributed by atoms with Gasteiger partial charge in [0.05, 0.1) is 4.75 Å². The maximum atomic E-state index is 12.7. The Kier molecular flexibility index (Phi) is 7.34. The average Bonchev–Trinajstić information content (AvgIpc) is 2.72. The lowest BCUT2D eigenvalue weighted by Crippen LogP contribution is -2.61. The van der Waals surface area contributed by atoms with Gasteiger partial charge >= 0.3 is 0 Å². The Hall–Kier alpha value is -1.04. The van der Waals surface area contributed by atoms with E-state index in [-0.39, 0.29) is 21.7 Å². The number of thioether (sulfide) groups is 1. The van der Waals surface area contributed by atoms with Gasteiger partial charge in [-0.05, 0) is 83.7 Å². The molecule has 0 unspecified atom stereocenters. The zero-order chi connectivity index (χ0) is 21.0. The van der Waals surface area contributed by atoms with Crippen molar-refractivity contribution < 1.29 is 4.79 Å². The Bertz CT molecular complexity index is 664. The topological polar surface area (TPSA) is 53.2 Å². The average molecular weight is 418 g/mol. The Labute approximate surface area is 181 Å². The number of hydrogen-bond donors (Lipinski definition) is 3. The summed E-state index contributed by atoms with van der Waals surface area (Å²) in [5, 5.41) is 10.9. The smallest absolute Gasteiger partial charge is 0.235 e. The molecule has 0 bridgehead atoms. The SMILES string of the molecule is CNC1(c2ccccc2)CCC(CNC(=O)C(C)(C)SC)(NCC2CCC2)CC1. The van der Waals surface area contributed by atoms with E-state index in [2.05, 4.69) is 53.3 Å². The molecule has 5 heteroatoms. The largest absolute Gasteiger partial charge is 0.353 e. The van der Waals surface area contributed by atoms with Gasteiger partial charge in [0, 0.05) is 17.6 Å². The zero-order valence-electron chi connectivity index (χ0n) is 18.6. The summed E-state index contributed by atoms with van der Waals surface area (Å²) in [6.45, 7) is 5.81. The Morgan fingerprint density at radius 3 is 2.31 bits per heavy atom. The summed E-state index contributed by atoms with van der Waals surface area (Å²) in [5.41, 5.74) is 1.41. The van der Waals surface area contributed by atoms with Crippen LogP contribution in [0.25, 0.3) is 0 Å². The van der Waals surface area contributed by atoms with Crippen molar-refractivity contribution in [1.29, 1.82) is 0 Å². The van der Waals surface area contributed by atoms with Crippen LogP contribution in [-0.4, -0.2) is 42.6 Å². The molecule has 0 spiro atoms. The van der Waals surface area contributed by atoms with Gasteiger partial charge in [-0.3, -0.25) is 4.79 Å². The highest BCUT2D eigenvalue weighted by Gasteiger charge is 2.43. The molecule has 1 aromatic carbocycles. The highest BCUT2D eigenvalue weighted by molar-refractivity contribution is 8.00. The fourth-order valence-corrected chi connectivity index (χ4v) is 4.88. The molecule has 29 heavy (non-hydrogen) atoms. The lowest BCUT2D eigenvalue weighted by atomic mass is 9.69. The molecule has 2 saturated carbocycles. The summed E-state index contributed by atoms with van der Waals surface area (Å²) < 4.78 is -0.386. The fraction of sp³-hybridized carbons (Fsp3) is 0.708. The summed E-state index contributed by atoms with van der Waals surface area (Å²) in [4.78, 5) is 12.7. The first-order valence-corrected chi connectivity index (χ1v) is 12.4. The molecule has 162 valence electrons. The second-order valence-electron chi connectivity index (χ2n) is 9.55. The van der Waals surface area contributed by atoms with Crippen molar-refractivity contribution in [2.24, 2.45) is 5.92 Å². The molecule has 0 aliphatic heterocycles. The normalized spacial score (nSPS) is 28.0. The van der Waals surface area contributed by atoms with Gasteiger partial charge < -0.3 is 16.0 Å². The van der Waals surface area contributed by atoms with Crippen LogP contribution in [0.2, 0.25) is 0 Å². The van der Waals surface area contributed by atoms with Crippen LogP contribution in [0.4, 0.5) is 0 Å². The van der Waals surface area contributed by atoms with Crippen LogP contribution in [0.3, 0.4) is 0 Å². The standard InChI is InChI=1S/C24H39N3OS/c1-22(2,29-4)21(28)26-18-23(27-17-19-9-8-10-19)13-15-24(25-3,16-14-23)20-11-6-5-7-12-20/h5-7,11-12,19,25,27H,8-10,13-18H2,1-4H3,(H,26,28). The van der Waals surface area contributed by atoms with Gasteiger partial charge in [0.1, 0.15) is 0 Å². The van der Waals surface area contributed by atoms with Crippen molar-refractivity contribution in [3.63, 3.8) is 0 Å². The first kappa shape index (κ1) is 22.6. The van der Waals surface area contributed by atoms with Crippen LogP contribution in [0, 0.1) is 5.92 Å². The van der Waals surface area contributed by atoms with Crippen LogP contribution in [0.5, 0.6) is 0 Å². The van der Waals surface area contributed by atoms with E-state index >= 15 is 0 Å². The van der Waals surface area contributed by atoms with E-state index in [0.29, 0.717) is 0 Å². The first-order valence-electron chi connectivity index (χ1n) is 11.2. The molecule has 0 aromatic heterocycles. The molecule has 2 aliphatic carbocycles. The molecule has 3 rings (SSSR count). The number of nitrogens with one attached hydrogen (secondary N) is 3. The van der Waals surface area contributed by atoms with E-state index < -0.39 is 0 Å². The van der Waals surface area contributed by atoms with E-state index in [9.17, 15) is 4.79 Å². The molecule has 2 aliphatic rings. The Balaban J connectivity index is 1.70. The minimum Gasteiger partial charge on any atom is -0.353 e. The highest BCUT2D eigenvalue weighted by atomic mass is 32.2. The molecule has 0 radical (unpaired) electrons. The molecule has 3 N–H and O–H groups in total. The molecule has 1 aromatic rings. The van der Waals surface area contributed by atoms with Crippen LogP contribution in [0.1, 0.15) is 64.4 Å². The first-order chi connectivity index (χ1) is 13.8. The van der Waals surface area contributed by atoms with E-state index in [1.807, 2.05) is 20.1 Å². The monoisotopic (exact) mass is 417 g/mol. The van der Waals surface area contributed by atoms with Gasteiger partial charge in [-0.2, -0.15) is 0 Å². The molecule has 0 saturated heterocycles. The lowest BCUT2D eigenvalue weighted by molar-refractivity contribution is -0.123. The van der Waals surface area contributed by atoms with Gasteiger partial charge in [-0.15, -0.1) is 11.8 Å². The molecule has 4 nitrogen and oxygen atoms in total. The Morgan fingerprint density at radius 1 is 1.14 bits per heavy atom. The van der Waals surface area contributed by atoms with Crippen LogP contribution < -0.4 is 16.0 Å². The van der Waals surface area contributed by atoms with Gasteiger partial charge in [0.15, 0.2) is 0 Å². The van der Waals surface area contributed by atoms with Crippen molar-refractivity contribution in [1.82, 2.24) is 16.0 Å². The molecule has 2 fully saturated rings. The minimum absolute atomic E-state index is 0.00509. The van der Waals surface area contributed by atoms with Crippen molar-refractivity contribution in [2.45, 2.75) is 74.6 Å². The molecular formula is C24H39N3OS. The maximum Gasteiger partial charge on any atom is 0.235 e. The number of carbonyl (C=O) groups is 1. The van der Waals surface area contributed by atoms with Crippen molar-refractivity contribution >= 4 is 17.7 Å². The van der Waals surface area contributed by atoms with Crippen molar-refractivity contribution in [2.75, 3.05) is 26.4 Å². The fourth-order valence-electron chi connectivity index (χ4n) is 4.62. The predicted octanol–water partition coefficient (Wildman–Crippen LogP) is 4.06. The summed E-state index contributed by atoms with van der Waals surface area (Å²) in [7, 11) is 2.09. The highest BCUT2D eigenvalue weighted by Crippen LogP contribution is 2.41. The number of rotatable bonds is 9. The predicted molar refractivity (Wildman–Crippen MR) is 124 cm³/mol. The third-order valence-electron chi connectivity index (χ3n) is 7.50. The van der Waals surface area contributed by atoms with Gasteiger partial charge in [-0.1, -0.05) is 36.8 Å². The number of hydrogen-bond acceptors (Lipinski definition) is 4. The maximum absolute atomic E-state index is 12.7. The summed E-state index contributed by atoms with van der Waals surface area (Å²) in [6.07, 6.45) is 10.4. The van der Waals surface area contributed by atoms with Crippen molar-refractivity contribution in [3.05, 3.63) is 35.9 Å². The van der Waals surface area contributed by atoms with E-state index in [0.717, 1.165) is 44.7 Å². The zero-order valence-corrected chi connectivity index (χ0v) is 19.5.